The van der Waals surface area contributed by atoms with Crippen molar-refractivity contribution in [3.63, 3.8) is 0 Å². The minimum Gasteiger partial charge on any atom is -0.466 e. The third-order valence-corrected chi connectivity index (χ3v) is 4.56. The first-order chi connectivity index (χ1) is 9.90. The van der Waals surface area contributed by atoms with Crippen LogP contribution in [0.25, 0.3) is 0 Å². The van der Waals surface area contributed by atoms with Crippen LogP contribution in [0, 0.1) is 0 Å². The van der Waals surface area contributed by atoms with E-state index in [1.54, 1.807) is 19.1 Å². The van der Waals surface area contributed by atoms with Crippen molar-refractivity contribution in [3.05, 3.63) is 27.7 Å². The molecule has 1 aliphatic carbocycles. The summed E-state index contributed by atoms with van der Waals surface area (Å²) >= 11 is 3.32. The molecule has 0 heterocycles. The van der Waals surface area contributed by atoms with Gasteiger partial charge in [0, 0.05) is 16.6 Å². The van der Waals surface area contributed by atoms with Gasteiger partial charge >= 0.3 is 5.97 Å². The fraction of sp³-hybridized carbons (Fsp3) is 0.533. The van der Waals surface area contributed by atoms with E-state index in [0.29, 0.717) is 47.2 Å². The summed E-state index contributed by atoms with van der Waals surface area (Å²) in [5.41, 5.74) is 6.73. The molecule has 0 spiro atoms. The Balaban J connectivity index is 2.21. The van der Waals surface area contributed by atoms with Crippen molar-refractivity contribution in [1.82, 2.24) is 0 Å². The van der Waals surface area contributed by atoms with Gasteiger partial charge in [-0.1, -0.05) is 6.07 Å². The molecule has 1 saturated carbocycles. The molecule has 0 aromatic heterocycles. The lowest BCUT2D eigenvalue weighted by atomic mass is 9.93. The van der Waals surface area contributed by atoms with E-state index in [0.717, 1.165) is 0 Å². The number of nitrogens with two attached hydrogens (primary N) is 1. The van der Waals surface area contributed by atoms with Crippen molar-refractivity contribution < 1.29 is 18.3 Å². The van der Waals surface area contributed by atoms with Gasteiger partial charge in [0.15, 0.2) is 0 Å². The van der Waals surface area contributed by atoms with Gasteiger partial charge in [0.1, 0.15) is 0 Å². The molecule has 0 atom stereocenters. The van der Waals surface area contributed by atoms with Crippen molar-refractivity contribution >= 4 is 27.6 Å². The number of aryl methyl sites for hydroxylation is 1. The van der Waals surface area contributed by atoms with Crippen LogP contribution in [0.3, 0.4) is 0 Å². The summed E-state index contributed by atoms with van der Waals surface area (Å²) < 4.78 is 31.9. The zero-order valence-corrected chi connectivity index (χ0v) is 13.4. The highest BCUT2D eigenvalue weighted by Gasteiger charge is 2.52. The largest absolute Gasteiger partial charge is 0.466 e. The minimum absolute atomic E-state index is 0.190. The van der Waals surface area contributed by atoms with Crippen molar-refractivity contribution in [1.29, 1.82) is 0 Å². The average Bonchev–Trinajstić information content (AvgIpc) is 3.22. The van der Waals surface area contributed by atoms with Crippen LogP contribution < -0.4 is 5.73 Å². The Hall–Kier alpha value is -1.17. The number of carbonyl (C=O) groups is 1. The number of ether oxygens (including phenoxy) is 1. The van der Waals surface area contributed by atoms with E-state index in [1.807, 2.05) is 0 Å². The van der Waals surface area contributed by atoms with Crippen molar-refractivity contribution in [3.8, 4) is 0 Å². The Morgan fingerprint density at radius 2 is 2.14 bits per heavy atom. The van der Waals surface area contributed by atoms with Gasteiger partial charge in [-0.2, -0.15) is 0 Å². The summed E-state index contributed by atoms with van der Waals surface area (Å²) in [5.74, 6) is -0.312. The monoisotopic (exact) mass is 361 g/mol. The summed E-state index contributed by atoms with van der Waals surface area (Å²) in [4.78, 5) is 11.4. The van der Waals surface area contributed by atoms with Crippen molar-refractivity contribution in [2.75, 3.05) is 12.3 Å². The van der Waals surface area contributed by atoms with E-state index in [1.165, 1.54) is 0 Å². The third-order valence-electron chi connectivity index (χ3n) is 3.90. The van der Waals surface area contributed by atoms with E-state index in [4.69, 9.17) is 10.5 Å². The zero-order valence-electron chi connectivity index (χ0n) is 11.8. The first-order valence-electron chi connectivity index (χ1n) is 6.93. The van der Waals surface area contributed by atoms with E-state index in [9.17, 15) is 13.6 Å². The number of hydrogen-bond donors (Lipinski definition) is 1. The molecule has 2 rings (SSSR count). The van der Waals surface area contributed by atoms with Gasteiger partial charge in [-0.05, 0) is 59.3 Å². The number of nitrogen functional groups attached to an aromatic ring is 1. The van der Waals surface area contributed by atoms with E-state index >= 15 is 0 Å². The van der Waals surface area contributed by atoms with Crippen LogP contribution in [-0.2, 0) is 21.4 Å². The van der Waals surface area contributed by atoms with Crippen molar-refractivity contribution in [2.45, 2.75) is 44.4 Å². The fourth-order valence-corrected chi connectivity index (χ4v) is 2.91. The van der Waals surface area contributed by atoms with E-state index < -0.39 is 11.8 Å². The number of anilines is 1. The van der Waals surface area contributed by atoms with Crippen LogP contribution >= 0.6 is 15.9 Å². The van der Waals surface area contributed by atoms with Crippen LogP contribution in [0.5, 0.6) is 0 Å². The second kappa shape index (κ2) is 6.30. The van der Waals surface area contributed by atoms with Gasteiger partial charge in [0.05, 0.1) is 12.0 Å². The van der Waals surface area contributed by atoms with Gasteiger partial charge in [-0.3, -0.25) is 4.79 Å². The average molecular weight is 362 g/mol. The van der Waals surface area contributed by atoms with Gasteiger partial charge in [0.25, 0.3) is 0 Å². The fourth-order valence-electron chi connectivity index (χ4n) is 2.41. The Morgan fingerprint density at radius 3 is 2.67 bits per heavy atom. The lowest BCUT2D eigenvalue weighted by Gasteiger charge is -2.18. The smallest absolute Gasteiger partial charge is 0.306 e. The maximum absolute atomic E-state index is 13.2. The highest BCUT2D eigenvalue weighted by molar-refractivity contribution is 9.10. The molecule has 1 aromatic rings. The highest BCUT2D eigenvalue weighted by Crippen LogP contribution is 2.53. The van der Waals surface area contributed by atoms with Crippen LogP contribution in [0.4, 0.5) is 14.5 Å². The predicted octanol–water partition coefficient (Wildman–Crippen LogP) is 3.82. The van der Waals surface area contributed by atoms with E-state index in [-0.39, 0.29) is 12.4 Å². The zero-order chi connectivity index (χ0) is 15.6. The topological polar surface area (TPSA) is 52.3 Å². The number of benzene rings is 1. The molecule has 2 N–H and O–H groups in total. The number of carbonyl (C=O) groups excluding carboxylic acids is 1. The molecule has 0 amide bonds. The lowest BCUT2D eigenvalue weighted by molar-refractivity contribution is -0.143. The number of halogens is 3. The van der Waals surface area contributed by atoms with Crippen LogP contribution in [0.15, 0.2) is 16.6 Å². The van der Waals surface area contributed by atoms with E-state index in [2.05, 4.69) is 15.9 Å². The van der Waals surface area contributed by atoms with Gasteiger partial charge in [-0.15, -0.1) is 0 Å². The molecule has 1 aliphatic rings. The second-order valence-electron chi connectivity index (χ2n) is 5.29. The Morgan fingerprint density at radius 1 is 1.48 bits per heavy atom. The Labute approximate surface area is 131 Å². The molecular formula is C15H18BrF2NO2. The summed E-state index contributed by atoms with van der Waals surface area (Å²) in [5, 5.41) is 0. The number of alkyl halides is 2. The van der Waals surface area contributed by atoms with Gasteiger partial charge in [-0.25, -0.2) is 8.78 Å². The molecule has 0 radical (unpaired) electrons. The molecule has 6 heteroatoms. The highest BCUT2D eigenvalue weighted by atomic mass is 79.9. The first kappa shape index (κ1) is 16.2. The van der Waals surface area contributed by atoms with Crippen LogP contribution in [0.2, 0.25) is 0 Å². The summed E-state index contributed by atoms with van der Waals surface area (Å²) in [6.07, 6.45) is -0.839. The summed E-state index contributed by atoms with van der Waals surface area (Å²) in [6, 6.07) is 3.38. The molecule has 1 aromatic carbocycles. The maximum atomic E-state index is 13.2. The SMILES string of the molecule is CCOC(=O)CCc1cc(C2(C(F)F)CC2)cc(Br)c1N. The maximum Gasteiger partial charge on any atom is 0.306 e. The quantitative estimate of drug-likeness (QED) is 0.618. The molecular weight excluding hydrogens is 344 g/mol. The minimum atomic E-state index is -2.38. The second-order valence-corrected chi connectivity index (χ2v) is 6.15. The molecule has 0 aliphatic heterocycles. The lowest BCUT2D eigenvalue weighted by Crippen LogP contribution is -2.18. The van der Waals surface area contributed by atoms with Crippen molar-refractivity contribution in [2.24, 2.45) is 0 Å². The Kier molecular flexibility index (Phi) is 4.86. The molecule has 3 nitrogen and oxygen atoms in total. The van der Waals surface area contributed by atoms with Crippen LogP contribution in [-0.4, -0.2) is 19.0 Å². The van der Waals surface area contributed by atoms with Gasteiger partial charge in [0.2, 0.25) is 6.43 Å². The Bertz CT molecular complexity index is 545. The molecule has 116 valence electrons. The summed E-state index contributed by atoms with van der Waals surface area (Å²) in [6.45, 7) is 2.06. The number of rotatable bonds is 6. The van der Waals surface area contributed by atoms with Gasteiger partial charge < -0.3 is 10.5 Å². The first-order valence-corrected chi connectivity index (χ1v) is 7.72. The molecule has 0 bridgehead atoms. The molecule has 0 unspecified atom stereocenters. The third kappa shape index (κ3) is 3.36. The normalized spacial score (nSPS) is 16.0. The van der Waals surface area contributed by atoms with Crippen LogP contribution in [0.1, 0.15) is 37.3 Å². The predicted molar refractivity (Wildman–Crippen MR) is 80.4 cm³/mol. The number of hydrogen-bond acceptors (Lipinski definition) is 3. The number of esters is 1. The molecule has 21 heavy (non-hydrogen) atoms. The molecule has 1 fully saturated rings. The standard InChI is InChI=1S/C15H18BrF2NO2/c1-2-21-12(20)4-3-9-7-10(8-11(16)13(9)19)15(5-6-15)14(17)18/h7-8,14H,2-6,19H2,1H3. The summed E-state index contributed by atoms with van der Waals surface area (Å²) in [7, 11) is 0. The molecule has 0 saturated heterocycles.